The Hall–Kier alpha value is 0.01000. The average molecular weight is 261 g/mol. The Labute approximate surface area is 91.7 Å². The molecule has 0 bridgehead atoms. The van der Waals surface area contributed by atoms with E-state index in [4.69, 9.17) is 5.11 Å². The Morgan fingerprint density at radius 1 is 1.38 bits per heavy atom. The third kappa shape index (κ3) is 3.71. The average Bonchev–Trinajstić information content (AvgIpc) is 2.14. The lowest BCUT2D eigenvalue weighted by Gasteiger charge is -2.03. The second-order valence-corrected chi connectivity index (χ2v) is 4.62. The summed E-state index contributed by atoms with van der Waals surface area (Å²) >= 11 is 5.21. The van der Waals surface area contributed by atoms with Gasteiger partial charge in [0.2, 0.25) is 0 Å². The molecular formula is C10H13BrOS. The minimum absolute atomic E-state index is 0.265. The zero-order valence-corrected chi connectivity index (χ0v) is 9.99. The summed E-state index contributed by atoms with van der Waals surface area (Å²) in [6.07, 6.45) is 3.85. The van der Waals surface area contributed by atoms with Gasteiger partial charge in [0.1, 0.15) is 0 Å². The summed E-state index contributed by atoms with van der Waals surface area (Å²) in [6.45, 7) is 0.265. The van der Waals surface area contributed by atoms with Crippen LogP contribution in [0, 0.1) is 0 Å². The Balaban J connectivity index is 2.76. The van der Waals surface area contributed by atoms with Crippen molar-refractivity contribution >= 4 is 27.7 Å². The van der Waals surface area contributed by atoms with Gasteiger partial charge in [-0.15, -0.1) is 11.8 Å². The van der Waals surface area contributed by atoms with Crippen LogP contribution in [-0.4, -0.2) is 18.0 Å². The third-order valence-corrected chi connectivity index (χ3v) is 2.96. The summed E-state index contributed by atoms with van der Waals surface area (Å²) < 4.78 is 1.12. The van der Waals surface area contributed by atoms with E-state index in [0.717, 1.165) is 17.3 Å². The summed E-state index contributed by atoms with van der Waals surface area (Å²) in [4.78, 5) is 1.27. The Morgan fingerprint density at radius 3 is 2.77 bits per heavy atom. The molecule has 1 aromatic rings. The van der Waals surface area contributed by atoms with Crippen molar-refractivity contribution in [1.82, 2.24) is 0 Å². The van der Waals surface area contributed by atoms with Gasteiger partial charge in [-0.1, -0.05) is 15.9 Å². The molecule has 0 aromatic heterocycles. The summed E-state index contributed by atoms with van der Waals surface area (Å²) in [5.74, 6) is 0. The fraction of sp³-hybridized carbons (Fsp3) is 0.400. The van der Waals surface area contributed by atoms with Gasteiger partial charge >= 0.3 is 0 Å². The Kier molecular flexibility index (Phi) is 4.84. The number of rotatable bonds is 4. The van der Waals surface area contributed by atoms with E-state index in [1.165, 1.54) is 10.5 Å². The highest BCUT2D eigenvalue weighted by Gasteiger charge is 1.98. The van der Waals surface area contributed by atoms with E-state index >= 15 is 0 Å². The first kappa shape index (κ1) is 11.1. The molecule has 0 aliphatic heterocycles. The molecule has 72 valence electrons. The number of halogens is 1. The number of aryl methyl sites for hydroxylation is 1. The molecule has 0 aliphatic rings. The molecule has 1 N–H and O–H groups in total. The van der Waals surface area contributed by atoms with Crippen LogP contribution in [0.4, 0.5) is 0 Å². The number of hydrogen-bond donors (Lipinski definition) is 1. The van der Waals surface area contributed by atoms with Crippen LogP contribution in [-0.2, 0) is 6.42 Å². The molecule has 0 spiro atoms. The minimum atomic E-state index is 0.265. The van der Waals surface area contributed by atoms with Crippen molar-refractivity contribution in [2.24, 2.45) is 0 Å². The standard InChI is InChI=1S/C10H13BrOS/c1-13-10-6-8(3-2-4-12)5-9(11)7-10/h5-7,12H,2-4H2,1H3. The van der Waals surface area contributed by atoms with Crippen molar-refractivity contribution in [1.29, 1.82) is 0 Å². The van der Waals surface area contributed by atoms with Crippen molar-refractivity contribution in [3.05, 3.63) is 28.2 Å². The van der Waals surface area contributed by atoms with E-state index in [1.54, 1.807) is 11.8 Å². The smallest absolute Gasteiger partial charge is 0.0434 e. The lowest BCUT2D eigenvalue weighted by Crippen LogP contribution is -1.89. The predicted octanol–water partition coefficient (Wildman–Crippen LogP) is 3.10. The van der Waals surface area contributed by atoms with Crippen LogP contribution in [0.2, 0.25) is 0 Å². The van der Waals surface area contributed by atoms with Crippen molar-refractivity contribution in [2.45, 2.75) is 17.7 Å². The first-order chi connectivity index (χ1) is 6.26. The predicted molar refractivity (Wildman–Crippen MR) is 61.3 cm³/mol. The normalized spacial score (nSPS) is 10.4. The van der Waals surface area contributed by atoms with Crippen LogP contribution in [0.25, 0.3) is 0 Å². The highest BCUT2D eigenvalue weighted by atomic mass is 79.9. The monoisotopic (exact) mass is 260 g/mol. The molecule has 1 aromatic carbocycles. The van der Waals surface area contributed by atoms with Crippen LogP contribution in [0.3, 0.4) is 0 Å². The SMILES string of the molecule is CSc1cc(Br)cc(CCCO)c1. The first-order valence-corrected chi connectivity index (χ1v) is 6.22. The minimum Gasteiger partial charge on any atom is -0.396 e. The van der Waals surface area contributed by atoms with Gasteiger partial charge in [-0.3, -0.25) is 0 Å². The van der Waals surface area contributed by atoms with E-state index in [2.05, 4.69) is 40.4 Å². The molecule has 0 atom stereocenters. The van der Waals surface area contributed by atoms with Crippen molar-refractivity contribution in [3.8, 4) is 0 Å². The van der Waals surface area contributed by atoms with Gasteiger partial charge in [0, 0.05) is 16.0 Å². The summed E-state index contributed by atoms with van der Waals surface area (Å²) in [6, 6.07) is 6.38. The molecule has 0 radical (unpaired) electrons. The van der Waals surface area contributed by atoms with E-state index < -0.39 is 0 Å². The van der Waals surface area contributed by atoms with E-state index in [-0.39, 0.29) is 6.61 Å². The maximum absolute atomic E-state index is 8.71. The number of aliphatic hydroxyl groups excluding tert-OH is 1. The number of thioether (sulfide) groups is 1. The topological polar surface area (TPSA) is 20.2 Å². The van der Waals surface area contributed by atoms with Crippen molar-refractivity contribution < 1.29 is 5.11 Å². The molecule has 0 amide bonds. The summed E-state index contributed by atoms with van der Waals surface area (Å²) in [7, 11) is 0. The van der Waals surface area contributed by atoms with Gasteiger partial charge in [-0.2, -0.15) is 0 Å². The second-order valence-electron chi connectivity index (χ2n) is 2.83. The molecule has 13 heavy (non-hydrogen) atoms. The molecule has 3 heteroatoms. The van der Waals surface area contributed by atoms with E-state index in [9.17, 15) is 0 Å². The van der Waals surface area contributed by atoms with E-state index in [0.29, 0.717) is 0 Å². The molecule has 0 fully saturated rings. The first-order valence-electron chi connectivity index (χ1n) is 4.20. The fourth-order valence-electron chi connectivity index (χ4n) is 1.17. The van der Waals surface area contributed by atoms with Crippen molar-refractivity contribution in [3.63, 3.8) is 0 Å². The lowest BCUT2D eigenvalue weighted by molar-refractivity contribution is 0.288. The maximum Gasteiger partial charge on any atom is 0.0434 e. The van der Waals surface area contributed by atoms with Crippen LogP contribution in [0.5, 0.6) is 0 Å². The van der Waals surface area contributed by atoms with Crippen LogP contribution in [0.15, 0.2) is 27.6 Å². The van der Waals surface area contributed by atoms with Gasteiger partial charge in [-0.25, -0.2) is 0 Å². The molecule has 1 nitrogen and oxygen atoms in total. The molecular weight excluding hydrogens is 248 g/mol. The van der Waals surface area contributed by atoms with Gasteiger partial charge < -0.3 is 5.11 Å². The molecule has 0 heterocycles. The quantitative estimate of drug-likeness (QED) is 0.840. The zero-order chi connectivity index (χ0) is 9.68. The lowest BCUT2D eigenvalue weighted by atomic mass is 10.1. The molecule has 0 unspecified atom stereocenters. The molecule has 0 saturated carbocycles. The third-order valence-electron chi connectivity index (χ3n) is 1.79. The molecule has 1 rings (SSSR count). The highest BCUT2D eigenvalue weighted by Crippen LogP contribution is 2.23. The van der Waals surface area contributed by atoms with Gasteiger partial charge in [-0.05, 0) is 42.9 Å². The van der Waals surface area contributed by atoms with E-state index in [1.807, 2.05) is 0 Å². The zero-order valence-electron chi connectivity index (χ0n) is 7.59. The fourth-order valence-corrected chi connectivity index (χ4v) is 2.37. The van der Waals surface area contributed by atoms with Gasteiger partial charge in [0.15, 0.2) is 0 Å². The maximum atomic E-state index is 8.71. The molecule has 0 aliphatic carbocycles. The molecule has 0 saturated heterocycles. The highest BCUT2D eigenvalue weighted by molar-refractivity contribution is 9.10. The number of aliphatic hydroxyl groups is 1. The summed E-state index contributed by atoms with van der Waals surface area (Å²) in [5, 5.41) is 8.71. The Morgan fingerprint density at radius 2 is 2.15 bits per heavy atom. The van der Waals surface area contributed by atoms with Crippen molar-refractivity contribution in [2.75, 3.05) is 12.9 Å². The van der Waals surface area contributed by atoms with Crippen LogP contribution in [0.1, 0.15) is 12.0 Å². The number of benzene rings is 1. The van der Waals surface area contributed by atoms with Gasteiger partial charge in [0.25, 0.3) is 0 Å². The number of hydrogen-bond acceptors (Lipinski definition) is 2. The Bertz CT molecular complexity index is 276. The summed E-state index contributed by atoms with van der Waals surface area (Å²) in [5.41, 5.74) is 1.28. The second kappa shape index (κ2) is 5.68. The largest absolute Gasteiger partial charge is 0.396 e. The van der Waals surface area contributed by atoms with Gasteiger partial charge in [0.05, 0.1) is 0 Å². The van der Waals surface area contributed by atoms with Crippen LogP contribution < -0.4 is 0 Å². The van der Waals surface area contributed by atoms with Crippen LogP contribution >= 0.6 is 27.7 Å².